The van der Waals surface area contributed by atoms with Gasteiger partial charge in [0.1, 0.15) is 24.7 Å². The van der Waals surface area contributed by atoms with E-state index in [1.807, 2.05) is 24.3 Å². The molecule has 0 atom stereocenters. The van der Waals surface area contributed by atoms with Crippen LogP contribution in [0.3, 0.4) is 0 Å². The molecule has 0 unspecified atom stereocenters. The molecule has 0 saturated carbocycles. The summed E-state index contributed by atoms with van der Waals surface area (Å²) in [5.41, 5.74) is 15.1. The van der Waals surface area contributed by atoms with E-state index in [2.05, 4.69) is 52.0 Å². The Kier molecular flexibility index (Phi) is 3.81. The summed E-state index contributed by atoms with van der Waals surface area (Å²) in [7, 11) is 0. The van der Waals surface area contributed by atoms with Crippen LogP contribution in [0.25, 0.3) is 33.4 Å². The molecule has 2 aliphatic heterocycles. The topological polar surface area (TPSA) is 35.5 Å². The van der Waals surface area contributed by atoms with Crippen molar-refractivity contribution in [2.24, 2.45) is 0 Å². The van der Waals surface area contributed by atoms with Crippen LogP contribution in [0.2, 0.25) is 0 Å². The van der Waals surface area contributed by atoms with Crippen molar-refractivity contribution in [3.63, 3.8) is 0 Å². The summed E-state index contributed by atoms with van der Waals surface area (Å²) < 4.78 is 12.3. The van der Waals surface area contributed by atoms with Crippen molar-refractivity contribution in [2.45, 2.75) is 40.9 Å². The Hall–Kier alpha value is -3.85. The highest BCUT2D eigenvalue weighted by Gasteiger charge is 2.41. The fourth-order valence-corrected chi connectivity index (χ4v) is 6.18. The Morgan fingerprint density at radius 3 is 1.38 bits per heavy atom. The molecular formula is C31H24O3. The van der Waals surface area contributed by atoms with Crippen LogP contribution in [0.4, 0.5) is 0 Å². The summed E-state index contributed by atoms with van der Waals surface area (Å²) in [6.07, 6.45) is 0. The monoisotopic (exact) mass is 444 g/mol. The van der Waals surface area contributed by atoms with Gasteiger partial charge < -0.3 is 9.47 Å². The Balaban J connectivity index is 1.71. The predicted molar refractivity (Wildman–Crippen MR) is 134 cm³/mol. The van der Waals surface area contributed by atoms with E-state index in [0.29, 0.717) is 13.2 Å². The second-order valence-corrected chi connectivity index (χ2v) is 9.61. The molecule has 4 aromatic carbocycles. The molecule has 0 aromatic heterocycles. The first-order valence-electron chi connectivity index (χ1n) is 11.8. The molecule has 3 aliphatic rings. The standard InChI is InChI=1S/C31H24O3/c1-15-17(3)25-29(27-19-9-5-7-11-23(19)33-13-21(15)27)30-26(31(25)32)18(4)16(2)22-14-34-24-12-8-6-10-20(24)28(22)30/h5-12H,13-14H2,1-4H3. The molecule has 0 bridgehead atoms. The minimum absolute atomic E-state index is 0.143. The van der Waals surface area contributed by atoms with E-state index in [-0.39, 0.29) is 5.78 Å². The zero-order valence-electron chi connectivity index (χ0n) is 19.8. The minimum atomic E-state index is 0.143. The predicted octanol–water partition coefficient (Wildman–Crippen LogP) is 7.25. The first-order valence-corrected chi connectivity index (χ1v) is 11.8. The Morgan fingerprint density at radius 2 is 0.941 bits per heavy atom. The van der Waals surface area contributed by atoms with Gasteiger partial charge in [-0.05, 0) is 62.1 Å². The molecule has 3 heteroatoms. The molecule has 2 heterocycles. The van der Waals surface area contributed by atoms with Gasteiger partial charge in [-0.3, -0.25) is 4.79 Å². The van der Waals surface area contributed by atoms with E-state index in [1.54, 1.807) is 0 Å². The largest absolute Gasteiger partial charge is 0.488 e. The van der Waals surface area contributed by atoms with Gasteiger partial charge in [-0.15, -0.1) is 0 Å². The number of carbonyl (C=O) groups excluding carboxylic acids is 1. The van der Waals surface area contributed by atoms with Gasteiger partial charge in [-0.2, -0.15) is 0 Å². The number of para-hydroxylation sites is 2. The molecular weight excluding hydrogens is 420 g/mol. The molecule has 4 aromatic rings. The van der Waals surface area contributed by atoms with Crippen molar-refractivity contribution in [3.8, 4) is 44.9 Å². The Bertz CT molecular complexity index is 1490. The van der Waals surface area contributed by atoms with Gasteiger partial charge in [0.15, 0.2) is 5.78 Å². The van der Waals surface area contributed by atoms with Crippen molar-refractivity contribution >= 4 is 5.78 Å². The molecule has 7 rings (SSSR count). The van der Waals surface area contributed by atoms with Crippen molar-refractivity contribution in [1.82, 2.24) is 0 Å². The smallest absolute Gasteiger partial charge is 0.194 e. The van der Waals surface area contributed by atoms with E-state index in [0.717, 1.165) is 78.3 Å². The quantitative estimate of drug-likeness (QED) is 0.252. The minimum Gasteiger partial charge on any atom is -0.488 e. The molecule has 0 amide bonds. The van der Waals surface area contributed by atoms with E-state index in [9.17, 15) is 4.79 Å². The SMILES string of the molecule is Cc1c(C)c2c(c3c1COc1ccccc1-3)-c1c(c(C)c(C)c3c1-c1ccccc1OC3)C2=O. The van der Waals surface area contributed by atoms with Crippen LogP contribution >= 0.6 is 0 Å². The van der Waals surface area contributed by atoms with E-state index >= 15 is 0 Å². The second kappa shape index (κ2) is 6.60. The lowest BCUT2D eigenvalue weighted by atomic mass is 9.79. The molecule has 34 heavy (non-hydrogen) atoms. The third-order valence-corrected chi connectivity index (χ3v) is 8.14. The maximum atomic E-state index is 14.2. The zero-order chi connectivity index (χ0) is 23.3. The normalized spacial score (nSPS) is 14.2. The van der Waals surface area contributed by atoms with Crippen LogP contribution < -0.4 is 9.47 Å². The molecule has 3 nitrogen and oxygen atoms in total. The summed E-state index contributed by atoms with van der Waals surface area (Å²) in [6, 6.07) is 16.4. The van der Waals surface area contributed by atoms with Crippen LogP contribution in [0.1, 0.15) is 49.3 Å². The number of hydrogen-bond acceptors (Lipinski definition) is 3. The number of hydrogen-bond donors (Lipinski definition) is 0. The average molecular weight is 445 g/mol. The highest BCUT2D eigenvalue weighted by Crippen LogP contribution is 2.57. The van der Waals surface area contributed by atoms with Gasteiger partial charge in [0.2, 0.25) is 0 Å². The van der Waals surface area contributed by atoms with E-state index < -0.39 is 0 Å². The molecule has 166 valence electrons. The first-order chi connectivity index (χ1) is 16.5. The highest BCUT2D eigenvalue weighted by molar-refractivity contribution is 6.28. The van der Waals surface area contributed by atoms with Crippen LogP contribution in [-0.2, 0) is 13.2 Å². The lowest BCUT2D eigenvalue weighted by Crippen LogP contribution is -2.12. The van der Waals surface area contributed by atoms with E-state index in [1.165, 1.54) is 11.1 Å². The summed E-state index contributed by atoms with van der Waals surface area (Å²) in [4.78, 5) is 14.2. The molecule has 0 saturated heterocycles. The zero-order valence-corrected chi connectivity index (χ0v) is 19.8. The molecule has 1 aliphatic carbocycles. The fourth-order valence-electron chi connectivity index (χ4n) is 6.18. The molecule has 0 fully saturated rings. The van der Waals surface area contributed by atoms with E-state index in [4.69, 9.17) is 9.47 Å². The van der Waals surface area contributed by atoms with Crippen molar-refractivity contribution < 1.29 is 14.3 Å². The number of ketones is 1. The highest BCUT2D eigenvalue weighted by atomic mass is 16.5. The number of ether oxygens (including phenoxy) is 2. The third kappa shape index (κ3) is 2.24. The first kappa shape index (κ1) is 19.6. The van der Waals surface area contributed by atoms with Crippen LogP contribution in [-0.4, -0.2) is 5.78 Å². The molecule has 0 N–H and O–H groups in total. The lowest BCUT2D eigenvalue weighted by Gasteiger charge is -2.29. The van der Waals surface area contributed by atoms with Crippen molar-refractivity contribution in [2.75, 3.05) is 0 Å². The fraction of sp³-hybridized carbons (Fsp3) is 0.194. The maximum Gasteiger partial charge on any atom is 0.194 e. The Labute approximate surface area is 199 Å². The second-order valence-electron chi connectivity index (χ2n) is 9.61. The van der Waals surface area contributed by atoms with Gasteiger partial charge in [0, 0.05) is 55.6 Å². The molecule has 0 radical (unpaired) electrons. The number of benzene rings is 4. The maximum absolute atomic E-state index is 14.2. The lowest BCUT2D eigenvalue weighted by molar-refractivity contribution is 0.104. The van der Waals surface area contributed by atoms with Gasteiger partial charge in [-0.1, -0.05) is 36.4 Å². The Morgan fingerprint density at radius 1 is 0.529 bits per heavy atom. The van der Waals surface area contributed by atoms with Gasteiger partial charge in [-0.25, -0.2) is 0 Å². The summed E-state index contributed by atoms with van der Waals surface area (Å²) in [6.45, 7) is 9.46. The van der Waals surface area contributed by atoms with Gasteiger partial charge in [0.25, 0.3) is 0 Å². The summed E-state index contributed by atoms with van der Waals surface area (Å²) in [5, 5.41) is 0. The van der Waals surface area contributed by atoms with Crippen LogP contribution in [0.15, 0.2) is 48.5 Å². The number of fused-ring (bicyclic) bond motifs is 11. The van der Waals surface area contributed by atoms with Crippen LogP contribution in [0.5, 0.6) is 11.5 Å². The van der Waals surface area contributed by atoms with Crippen molar-refractivity contribution in [3.05, 3.63) is 93.0 Å². The number of rotatable bonds is 0. The molecule has 0 spiro atoms. The average Bonchev–Trinajstić information content (AvgIpc) is 3.17. The van der Waals surface area contributed by atoms with Gasteiger partial charge >= 0.3 is 0 Å². The summed E-state index contributed by atoms with van der Waals surface area (Å²) in [5.74, 6) is 1.90. The van der Waals surface area contributed by atoms with Crippen molar-refractivity contribution in [1.29, 1.82) is 0 Å². The van der Waals surface area contributed by atoms with Crippen LogP contribution in [0, 0.1) is 27.7 Å². The third-order valence-electron chi connectivity index (χ3n) is 8.14. The summed E-state index contributed by atoms with van der Waals surface area (Å²) >= 11 is 0. The van der Waals surface area contributed by atoms with Gasteiger partial charge in [0.05, 0.1) is 0 Å². The number of carbonyl (C=O) groups is 1.